The second-order valence-electron chi connectivity index (χ2n) is 3.81. The molecule has 0 N–H and O–H groups in total. The third-order valence-electron chi connectivity index (χ3n) is 2.23. The fourth-order valence-electron chi connectivity index (χ4n) is 1.40. The molecule has 5 heteroatoms. The smallest absolute Gasteiger partial charge is 0.310 e. The molecule has 0 aliphatic rings. The summed E-state index contributed by atoms with van der Waals surface area (Å²) in [6.07, 6.45) is 1.18. The summed E-state index contributed by atoms with van der Waals surface area (Å²) in [5.41, 5.74) is 0.744. The van der Waals surface area contributed by atoms with Crippen LogP contribution >= 0.6 is 0 Å². The Bertz CT molecular complexity index is 429. The maximum Gasteiger partial charge on any atom is 0.310 e. The molecule has 0 aliphatic carbocycles. The average molecular weight is 237 g/mol. The molecule has 0 aliphatic heterocycles. The summed E-state index contributed by atoms with van der Waals surface area (Å²) in [5, 5.41) is 10.7. The normalized spacial score (nSPS) is 10.0. The van der Waals surface area contributed by atoms with Crippen LogP contribution in [0.3, 0.4) is 0 Å². The summed E-state index contributed by atoms with van der Waals surface area (Å²) in [4.78, 5) is 21.5. The summed E-state index contributed by atoms with van der Waals surface area (Å²) >= 11 is 0. The number of Topliss-reactive ketones (excluding diaryl/α,β-unsaturated/α-hetero) is 1. The zero-order valence-corrected chi connectivity index (χ0v) is 9.93. The zero-order chi connectivity index (χ0) is 12.8. The van der Waals surface area contributed by atoms with Gasteiger partial charge in [-0.25, -0.2) is 0 Å². The number of aryl methyl sites for hydroxylation is 1. The van der Waals surface area contributed by atoms with E-state index in [1.807, 2.05) is 13.8 Å². The first kappa shape index (κ1) is 13.2. The van der Waals surface area contributed by atoms with Gasteiger partial charge in [0, 0.05) is 12.5 Å². The Hall–Kier alpha value is -1.91. The predicted molar refractivity (Wildman–Crippen MR) is 63.2 cm³/mol. The van der Waals surface area contributed by atoms with Crippen molar-refractivity contribution < 1.29 is 14.5 Å². The lowest BCUT2D eigenvalue weighted by Crippen LogP contribution is -2.11. The summed E-state index contributed by atoms with van der Waals surface area (Å²) in [6, 6.07) is 4.59. The molecule has 0 amide bonds. The Balaban J connectivity index is 2.78. The van der Waals surface area contributed by atoms with Crippen LogP contribution in [0.15, 0.2) is 18.2 Å². The highest BCUT2D eigenvalue weighted by molar-refractivity contribution is 5.80. The highest BCUT2D eigenvalue weighted by atomic mass is 16.6. The second kappa shape index (κ2) is 5.98. The van der Waals surface area contributed by atoms with Crippen molar-refractivity contribution in [3.05, 3.63) is 33.9 Å². The first-order valence-electron chi connectivity index (χ1n) is 5.44. The van der Waals surface area contributed by atoms with Crippen molar-refractivity contribution in [3.8, 4) is 5.75 Å². The Kier molecular flexibility index (Phi) is 4.63. The van der Waals surface area contributed by atoms with Crippen molar-refractivity contribution in [1.82, 2.24) is 0 Å². The minimum absolute atomic E-state index is 0.0525. The Morgan fingerprint density at radius 1 is 1.47 bits per heavy atom. The molecular formula is C12H15NO4. The quantitative estimate of drug-likeness (QED) is 0.563. The Morgan fingerprint density at radius 3 is 2.76 bits per heavy atom. The molecule has 1 rings (SSSR count). The molecule has 0 saturated carbocycles. The van der Waals surface area contributed by atoms with E-state index in [-0.39, 0.29) is 23.8 Å². The van der Waals surface area contributed by atoms with Gasteiger partial charge in [-0.05, 0) is 25.0 Å². The molecule has 0 atom stereocenters. The van der Waals surface area contributed by atoms with Gasteiger partial charge in [-0.3, -0.25) is 14.9 Å². The lowest BCUT2D eigenvalue weighted by atomic mass is 10.2. The fraction of sp³-hybridized carbons (Fsp3) is 0.417. The number of ketones is 1. The number of hydrogen-bond donors (Lipinski definition) is 0. The van der Waals surface area contributed by atoms with E-state index in [2.05, 4.69) is 0 Å². The average Bonchev–Trinajstić information content (AvgIpc) is 2.26. The Morgan fingerprint density at radius 2 is 2.18 bits per heavy atom. The fourth-order valence-corrected chi connectivity index (χ4v) is 1.40. The third kappa shape index (κ3) is 3.86. The molecule has 0 saturated heterocycles. The lowest BCUT2D eigenvalue weighted by Gasteiger charge is -2.06. The van der Waals surface area contributed by atoms with Gasteiger partial charge in [0.25, 0.3) is 0 Å². The standard InChI is InChI=1S/C12H15NO4/c1-3-4-10(14)8-17-12-7-9(2)5-6-11(12)13(15)16/h5-7H,3-4,8H2,1-2H3. The summed E-state index contributed by atoms with van der Waals surface area (Å²) in [7, 11) is 0. The van der Waals surface area contributed by atoms with Gasteiger partial charge in [-0.1, -0.05) is 13.0 Å². The van der Waals surface area contributed by atoms with E-state index in [4.69, 9.17) is 4.74 Å². The third-order valence-corrected chi connectivity index (χ3v) is 2.23. The molecular weight excluding hydrogens is 222 g/mol. The summed E-state index contributed by atoms with van der Waals surface area (Å²) in [5.74, 6) is 0.0998. The van der Waals surface area contributed by atoms with E-state index in [1.54, 1.807) is 12.1 Å². The van der Waals surface area contributed by atoms with Crippen molar-refractivity contribution in [2.75, 3.05) is 6.61 Å². The lowest BCUT2D eigenvalue weighted by molar-refractivity contribution is -0.385. The first-order chi connectivity index (χ1) is 8.04. The van der Waals surface area contributed by atoms with Crippen LogP contribution in [-0.2, 0) is 4.79 Å². The number of carbonyl (C=O) groups is 1. The molecule has 0 spiro atoms. The monoisotopic (exact) mass is 237 g/mol. The van der Waals surface area contributed by atoms with Gasteiger partial charge in [-0.2, -0.15) is 0 Å². The first-order valence-corrected chi connectivity index (χ1v) is 5.44. The van der Waals surface area contributed by atoms with E-state index in [0.29, 0.717) is 6.42 Å². The highest BCUT2D eigenvalue weighted by Crippen LogP contribution is 2.27. The predicted octanol–water partition coefficient (Wildman–Crippen LogP) is 2.65. The summed E-state index contributed by atoms with van der Waals surface area (Å²) < 4.78 is 5.20. The number of nitrogens with zero attached hydrogens (tertiary/aromatic N) is 1. The largest absolute Gasteiger partial charge is 0.479 e. The molecule has 0 bridgehead atoms. The van der Waals surface area contributed by atoms with E-state index >= 15 is 0 Å². The van der Waals surface area contributed by atoms with Crippen LogP contribution in [0.4, 0.5) is 5.69 Å². The van der Waals surface area contributed by atoms with Gasteiger partial charge in [0.1, 0.15) is 6.61 Å². The van der Waals surface area contributed by atoms with E-state index < -0.39 is 4.92 Å². The second-order valence-corrected chi connectivity index (χ2v) is 3.81. The molecule has 0 fully saturated rings. The molecule has 1 aromatic rings. The number of rotatable bonds is 6. The number of carbonyl (C=O) groups excluding carboxylic acids is 1. The minimum atomic E-state index is -0.515. The van der Waals surface area contributed by atoms with Crippen molar-refractivity contribution in [2.45, 2.75) is 26.7 Å². The van der Waals surface area contributed by atoms with Crippen LogP contribution < -0.4 is 4.74 Å². The van der Waals surface area contributed by atoms with E-state index in [9.17, 15) is 14.9 Å². The number of hydrogen-bond acceptors (Lipinski definition) is 4. The number of nitro benzene ring substituents is 1. The molecule has 0 aromatic heterocycles. The topological polar surface area (TPSA) is 69.4 Å². The van der Waals surface area contributed by atoms with Crippen LogP contribution in [0.25, 0.3) is 0 Å². The number of ether oxygens (including phenoxy) is 1. The molecule has 92 valence electrons. The molecule has 0 unspecified atom stereocenters. The van der Waals surface area contributed by atoms with Gasteiger partial charge in [-0.15, -0.1) is 0 Å². The Labute approximate surface area is 99.5 Å². The van der Waals surface area contributed by atoms with Crippen molar-refractivity contribution in [2.24, 2.45) is 0 Å². The van der Waals surface area contributed by atoms with Crippen LogP contribution in [0.5, 0.6) is 5.75 Å². The number of benzene rings is 1. The van der Waals surface area contributed by atoms with Gasteiger partial charge in [0.2, 0.25) is 0 Å². The van der Waals surface area contributed by atoms with E-state index in [0.717, 1.165) is 12.0 Å². The van der Waals surface area contributed by atoms with Gasteiger partial charge in [0.15, 0.2) is 11.5 Å². The van der Waals surface area contributed by atoms with Gasteiger partial charge < -0.3 is 4.74 Å². The van der Waals surface area contributed by atoms with Crippen LogP contribution in [0.2, 0.25) is 0 Å². The van der Waals surface area contributed by atoms with Crippen LogP contribution in [0, 0.1) is 17.0 Å². The van der Waals surface area contributed by atoms with Crippen LogP contribution in [-0.4, -0.2) is 17.3 Å². The molecule has 1 aromatic carbocycles. The molecule has 0 radical (unpaired) electrons. The van der Waals surface area contributed by atoms with Crippen molar-refractivity contribution in [3.63, 3.8) is 0 Å². The molecule has 5 nitrogen and oxygen atoms in total. The molecule has 0 heterocycles. The summed E-state index contributed by atoms with van der Waals surface area (Å²) in [6.45, 7) is 3.59. The van der Waals surface area contributed by atoms with Crippen molar-refractivity contribution >= 4 is 11.5 Å². The maximum atomic E-state index is 11.3. The minimum Gasteiger partial charge on any atom is -0.479 e. The van der Waals surface area contributed by atoms with E-state index in [1.165, 1.54) is 6.07 Å². The van der Waals surface area contributed by atoms with Crippen LogP contribution in [0.1, 0.15) is 25.3 Å². The zero-order valence-electron chi connectivity index (χ0n) is 9.93. The van der Waals surface area contributed by atoms with Gasteiger partial charge >= 0.3 is 5.69 Å². The molecule has 17 heavy (non-hydrogen) atoms. The highest BCUT2D eigenvalue weighted by Gasteiger charge is 2.15. The SMILES string of the molecule is CCCC(=O)COc1cc(C)ccc1[N+](=O)[O-]. The van der Waals surface area contributed by atoms with Crippen molar-refractivity contribution in [1.29, 1.82) is 0 Å². The van der Waals surface area contributed by atoms with Gasteiger partial charge in [0.05, 0.1) is 4.92 Å². The number of nitro groups is 1. The maximum absolute atomic E-state index is 11.3.